The number of amides is 3. The van der Waals surface area contributed by atoms with Crippen LogP contribution in [0.1, 0.15) is 35.2 Å². The van der Waals surface area contributed by atoms with Crippen molar-refractivity contribution in [1.82, 2.24) is 10.2 Å². The van der Waals surface area contributed by atoms with Crippen LogP contribution in [0.15, 0.2) is 47.5 Å². The molecule has 2 heterocycles. The first-order valence-electron chi connectivity index (χ1n) is 11.0. The van der Waals surface area contributed by atoms with E-state index in [1.807, 2.05) is 0 Å². The Morgan fingerprint density at radius 3 is 2.59 bits per heavy atom. The van der Waals surface area contributed by atoms with Crippen molar-refractivity contribution in [3.8, 4) is 5.75 Å². The number of hydrogen-bond acceptors (Lipinski definition) is 6. The first kappa shape index (κ1) is 23.7. The maximum atomic E-state index is 13.8. The van der Waals surface area contributed by atoms with Gasteiger partial charge in [-0.1, -0.05) is 17.8 Å². The molecule has 10 heteroatoms. The fourth-order valence-electron chi connectivity index (χ4n) is 3.74. The molecule has 2 aromatic rings. The van der Waals surface area contributed by atoms with Gasteiger partial charge in [-0.15, -0.1) is 0 Å². The molecule has 0 spiro atoms. The number of nitrogens with one attached hydrogen (secondary N) is 2. The van der Waals surface area contributed by atoms with Crippen LogP contribution < -0.4 is 15.4 Å². The second kappa shape index (κ2) is 10.7. The van der Waals surface area contributed by atoms with Crippen molar-refractivity contribution >= 4 is 40.3 Å². The molecule has 2 aromatic carbocycles. The molecule has 4 rings (SSSR count). The molecule has 1 fully saturated rings. The lowest BCUT2D eigenvalue weighted by atomic mass is 10.1. The van der Waals surface area contributed by atoms with Crippen molar-refractivity contribution < 1.29 is 23.5 Å². The van der Waals surface area contributed by atoms with Crippen LogP contribution in [0.2, 0.25) is 0 Å². The first-order valence-corrected chi connectivity index (χ1v) is 11.9. The van der Waals surface area contributed by atoms with Gasteiger partial charge in [0.1, 0.15) is 5.25 Å². The zero-order chi connectivity index (χ0) is 24.1. The highest BCUT2D eigenvalue weighted by Crippen LogP contribution is 2.29. The van der Waals surface area contributed by atoms with Crippen LogP contribution >= 0.6 is 11.8 Å². The van der Waals surface area contributed by atoms with Gasteiger partial charge in [-0.05, 0) is 54.8 Å². The number of thioether (sulfide) groups is 1. The summed E-state index contributed by atoms with van der Waals surface area (Å²) in [5.74, 6) is -1.24. The number of anilines is 1. The summed E-state index contributed by atoms with van der Waals surface area (Å²) in [5, 5.41) is 5.70. The summed E-state index contributed by atoms with van der Waals surface area (Å²) in [6, 6.07) is 10.9. The maximum Gasteiger partial charge on any atom is 0.262 e. The molecule has 0 bridgehead atoms. The smallest absolute Gasteiger partial charge is 0.262 e. The van der Waals surface area contributed by atoms with Crippen LogP contribution in [0, 0.1) is 5.82 Å². The van der Waals surface area contributed by atoms with Crippen molar-refractivity contribution in [2.45, 2.75) is 31.1 Å². The molecule has 0 radical (unpaired) electrons. The van der Waals surface area contributed by atoms with E-state index in [1.165, 1.54) is 31.0 Å². The lowest BCUT2D eigenvalue weighted by Crippen LogP contribution is -2.25. The highest BCUT2D eigenvalue weighted by Gasteiger charge is 2.33. The first-order chi connectivity index (χ1) is 16.4. The predicted molar refractivity (Wildman–Crippen MR) is 128 cm³/mol. The minimum absolute atomic E-state index is 0.0327. The Labute approximate surface area is 200 Å². The third-order valence-electron chi connectivity index (χ3n) is 5.58. The molecule has 1 unspecified atom stereocenters. The van der Waals surface area contributed by atoms with E-state index in [0.717, 1.165) is 25.9 Å². The summed E-state index contributed by atoms with van der Waals surface area (Å²) in [5.41, 5.74) is 1.53. The van der Waals surface area contributed by atoms with Gasteiger partial charge in [-0.3, -0.25) is 14.4 Å². The number of hydrogen-bond donors (Lipinski definition) is 2. The number of carbonyl (C=O) groups is 3. The summed E-state index contributed by atoms with van der Waals surface area (Å²) in [4.78, 5) is 43.2. The Morgan fingerprint density at radius 1 is 1.18 bits per heavy atom. The van der Waals surface area contributed by atoms with Gasteiger partial charge < -0.3 is 20.3 Å². The Balaban J connectivity index is 1.25. The average molecular weight is 485 g/mol. The van der Waals surface area contributed by atoms with Gasteiger partial charge in [0.25, 0.3) is 11.8 Å². The number of nitrogens with zero attached hydrogens (tertiary/aromatic N) is 2. The number of halogens is 1. The molecule has 3 amide bonds. The number of ether oxygens (including phenoxy) is 1. The summed E-state index contributed by atoms with van der Waals surface area (Å²) >= 11 is 1.35. The van der Waals surface area contributed by atoms with E-state index < -0.39 is 11.1 Å². The third-order valence-corrected chi connectivity index (χ3v) is 6.79. The molecular weight excluding hydrogens is 459 g/mol. The third kappa shape index (κ3) is 5.74. The predicted octanol–water partition coefficient (Wildman–Crippen LogP) is 3.19. The molecule has 2 aliphatic rings. The Morgan fingerprint density at radius 2 is 1.91 bits per heavy atom. The van der Waals surface area contributed by atoms with Gasteiger partial charge >= 0.3 is 0 Å². The average Bonchev–Trinajstić information content (AvgIpc) is 3.48. The number of benzene rings is 2. The maximum absolute atomic E-state index is 13.8. The van der Waals surface area contributed by atoms with Crippen molar-refractivity contribution in [3.63, 3.8) is 0 Å². The van der Waals surface area contributed by atoms with Gasteiger partial charge in [0.05, 0.1) is 7.11 Å². The minimum Gasteiger partial charge on any atom is -0.494 e. The van der Waals surface area contributed by atoms with Crippen LogP contribution in [-0.2, 0) is 16.1 Å². The van der Waals surface area contributed by atoms with Gasteiger partial charge in [0, 0.05) is 37.3 Å². The highest BCUT2D eigenvalue weighted by molar-refractivity contribution is 8.15. The van der Waals surface area contributed by atoms with Crippen molar-refractivity contribution in [3.05, 3.63) is 59.4 Å². The summed E-state index contributed by atoms with van der Waals surface area (Å²) in [6.45, 7) is 1.96. The van der Waals surface area contributed by atoms with E-state index in [2.05, 4.69) is 20.5 Å². The van der Waals surface area contributed by atoms with E-state index in [1.54, 1.807) is 30.3 Å². The second-order valence-electron chi connectivity index (χ2n) is 8.01. The van der Waals surface area contributed by atoms with E-state index in [9.17, 15) is 18.8 Å². The molecule has 8 nitrogen and oxygen atoms in total. The number of carbonyl (C=O) groups excluding carboxylic acids is 3. The molecule has 0 saturated carbocycles. The van der Waals surface area contributed by atoms with Crippen LogP contribution in [-0.4, -0.2) is 53.2 Å². The number of amidine groups is 1. The number of aliphatic imine (C=N–C) groups is 1. The largest absolute Gasteiger partial charge is 0.494 e. The van der Waals surface area contributed by atoms with E-state index in [0.29, 0.717) is 22.0 Å². The molecule has 0 aliphatic carbocycles. The second-order valence-corrected chi connectivity index (χ2v) is 9.18. The fourth-order valence-corrected chi connectivity index (χ4v) is 4.86. The van der Waals surface area contributed by atoms with Gasteiger partial charge in [-0.2, -0.15) is 4.99 Å². The van der Waals surface area contributed by atoms with E-state index in [4.69, 9.17) is 4.74 Å². The molecule has 1 atom stereocenters. The summed E-state index contributed by atoms with van der Waals surface area (Å²) < 4.78 is 18.7. The van der Waals surface area contributed by atoms with Crippen LogP contribution in [0.3, 0.4) is 0 Å². The van der Waals surface area contributed by atoms with Crippen LogP contribution in [0.25, 0.3) is 0 Å². The lowest BCUT2D eigenvalue weighted by Gasteiger charge is -2.16. The Hall–Kier alpha value is -3.40. The van der Waals surface area contributed by atoms with Crippen molar-refractivity contribution in [2.75, 3.05) is 25.5 Å². The zero-order valence-electron chi connectivity index (χ0n) is 18.7. The molecule has 1 saturated heterocycles. The van der Waals surface area contributed by atoms with Crippen LogP contribution in [0.4, 0.5) is 10.1 Å². The summed E-state index contributed by atoms with van der Waals surface area (Å²) in [6.07, 6.45) is 2.21. The number of rotatable bonds is 7. The monoisotopic (exact) mass is 484 g/mol. The van der Waals surface area contributed by atoms with Gasteiger partial charge in [0.15, 0.2) is 16.7 Å². The van der Waals surface area contributed by atoms with Crippen LogP contribution in [0.5, 0.6) is 5.75 Å². The number of likely N-dealkylation sites (tertiary alicyclic amines) is 1. The molecular formula is C24H25FN4O4S. The van der Waals surface area contributed by atoms with E-state index in [-0.39, 0.29) is 36.4 Å². The zero-order valence-corrected chi connectivity index (χ0v) is 19.5. The van der Waals surface area contributed by atoms with Gasteiger partial charge in [0.2, 0.25) is 5.91 Å². The molecule has 2 aliphatic heterocycles. The minimum atomic E-state index is -0.511. The van der Waals surface area contributed by atoms with Gasteiger partial charge in [-0.25, -0.2) is 4.39 Å². The molecule has 34 heavy (non-hydrogen) atoms. The normalized spacial score (nSPS) is 17.5. The fraction of sp³-hybridized carbons (Fsp3) is 0.333. The standard InChI is InChI=1S/C24H25FN4O4S/c1-33-19-9-4-15(12-18(19)25)14-26-22(31)16-5-7-17(8-6-16)27-21(30)13-20-23(32)28-24(34-20)29-10-2-3-11-29/h4-9,12,20H,2-3,10-11,13-14H2,1H3,(H,26,31)(H,27,30). The Bertz CT molecular complexity index is 1120. The Kier molecular flexibility index (Phi) is 7.46. The van der Waals surface area contributed by atoms with Crippen molar-refractivity contribution in [2.24, 2.45) is 4.99 Å². The van der Waals surface area contributed by atoms with Crippen molar-refractivity contribution in [1.29, 1.82) is 0 Å². The topological polar surface area (TPSA) is 100 Å². The number of methoxy groups -OCH3 is 1. The lowest BCUT2D eigenvalue weighted by molar-refractivity contribution is -0.121. The SMILES string of the molecule is COc1ccc(CNC(=O)c2ccc(NC(=O)CC3SC(N4CCCC4)=NC3=O)cc2)cc1F. The van der Waals surface area contributed by atoms with E-state index >= 15 is 0 Å². The molecule has 178 valence electrons. The summed E-state index contributed by atoms with van der Waals surface area (Å²) in [7, 11) is 1.39. The highest BCUT2D eigenvalue weighted by atomic mass is 32.2. The quantitative estimate of drug-likeness (QED) is 0.626. The molecule has 0 aromatic heterocycles. The molecule has 2 N–H and O–H groups in total.